The van der Waals surface area contributed by atoms with Gasteiger partial charge >= 0.3 is 0 Å². The lowest BCUT2D eigenvalue weighted by atomic mass is 10.1. The maximum atomic E-state index is 13.1. The van der Waals surface area contributed by atoms with Crippen molar-refractivity contribution in [1.29, 1.82) is 0 Å². The summed E-state index contributed by atoms with van der Waals surface area (Å²) in [5, 5.41) is 5.28. The number of hydrogen-bond acceptors (Lipinski definition) is 4. The Morgan fingerprint density at radius 1 is 0.871 bits per heavy atom. The van der Waals surface area contributed by atoms with Gasteiger partial charge in [0, 0.05) is 53.6 Å². The second kappa shape index (κ2) is 10.3. The monoisotopic (exact) mass is 434 g/mol. The van der Waals surface area contributed by atoms with E-state index >= 15 is 0 Å². The molecule has 4 nitrogen and oxygen atoms in total. The molecule has 2 aromatic carbocycles. The molecule has 0 saturated carbocycles. The standard InChI is InChI=1S/C25H24ClFN4/c26-19-7-10-22-23(12-15-29-24(22)17-19)28-13-3-1-2-4-25-30-14-11-21(31-25)16-18-5-8-20(27)9-6-18/h5-12,14-15,17H,1-4,13,16H2,(H,28,29). The third-order valence-corrected chi connectivity index (χ3v) is 5.39. The molecule has 0 aliphatic heterocycles. The molecule has 0 aliphatic rings. The molecule has 0 amide bonds. The molecule has 0 aliphatic carbocycles. The van der Waals surface area contributed by atoms with Gasteiger partial charge in [-0.05, 0) is 60.9 Å². The molecule has 2 aromatic heterocycles. The van der Waals surface area contributed by atoms with Crippen LogP contribution in [0, 0.1) is 5.82 Å². The van der Waals surface area contributed by atoms with Gasteiger partial charge in [0.15, 0.2) is 0 Å². The van der Waals surface area contributed by atoms with Crippen molar-refractivity contribution < 1.29 is 4.39 Å². The average Bonchev–Trinajstić information content (AvgIpc) is 2.78. The number of aromatic nitrogens is 3. The van der Waals surface area contributed by atoms with Crippen molar-refractivity contribution >= 4 is 28.2 Å². The van der Waals surface area contributed by atoms with E-state index in [4.69, 9.17) is 11.6 Å². The summed E-state index contributed by atoms with van der Waals surface area (Å²) in [6.45, 7) is 0.896. The average molecular weight is 435 g/mol. The topological polar surface area (TPSA) is 50.7 Å². The van der Waals surface area contributed by atoms with E-state index in [9.17, 15) is 4.39 Å². The minimum Gasteiger partial charge on any atom is -0.384 e. The third-order valence-electron chi connectivity index (χ3n) is 5.16. The second-order valence-electron chi connectivity index (χ2n) is 7.52. The molecular formula is C25H24ClFN4. The lowest BCUT2D eigenvalue weighted by Crippen LogP contribution is -2.03. The Morgan fingerprint density at radius 2 is 1.71 bits per heavy atom. The number of anilines is 1. The van der Waals surface area contributed by atoms with E-state index in [1.165, 1.54) is 12.1 Å². The van der Waals surface area contributed by atoms with Crippen LogP contribution in [-0.4, -0.2) is 21.5 Å². The van der Waals surface area contributed by atoms with Crippen molar-refractivity contribution in [3.63, 3.8) is 0 Å². The highest BCUT2D eigenvalue weighted by Crippen LogP contribution is 2.24. The molecule has 2 heterocycles. The third kappa shape index (κ3) is 5.98. The number of aryl methyl sites for hydroxylation is 1. The number of benzene rings is 2. The number of nitrogens with one attached hydrogen (secondary N) is 1. The van der Waals surface area contributed by atoms with Crippen molar-refractivity contribution in [3.8, 4) is 0 Å². The summed E-state index contributed by atoms with van der Waals surface area (Å²) in [6, 6.07) is 16.2. The van der Waals surface area contributed by atoms with Crippen LogP contribution >= 0.6 is 11.6 Å². The summed E-state index contributed by atoms with van der Waals surface area (Å²) in [7, 11) is 0. The Kier molecular flexibility index (Phi) is 7.05. The maximum absolute atomic E-state index is 13.1. The van der Waals surface area contributed by atoms with E-state index < -0.39 is 0 Å². The van der Waals surface area contributed by atoms with E-state index in [1.54, 1.807) is 18.3 Å². The van der Waals surface area contributed by atoms with Crippen molar-refractivity contribution in [2.24, 2.45) is 0 Å². The van der Waals surface area contributed by atoms with Gasteiger partial charge in [0.1, 0.15) is 11.6 Å². The molecule has 0 spiro atoms. The summed E-state index contributed by atoms with van der Waals surface area (Å²) in [5.41, 5.74) is 3.99. The molecule has 4 rings (SSSR count). The van der Waals surface area contributed by atoms with Crippen LogP contribution in [0.1, 0.15) is 36.3 Å². The minimum absolute atomic E-state index is 0.219. The first-order valence-corrected chi connectivity index (χ1v) is 10.9. The Morgan fingerprint density at radius 3 is 2.58 bits per heavy atom. The highest BCUT2D eigenvalue weighted by Gasteiger charge is 2.04. The second-order valence-corrected chi connectivity index (χ2v) is 7.96. The number of pyridine rings is 1. The van der Waals surface area contributed by atoms with Gasteiger partial charge in [-0.3, -0.25) is 4.98 Å². The molecule has 0 atom stereocenters. The van der Waals surface area contributed by atoms with Gasteiger partial charge in [0.2, 0.25) is 0 Å². The molecule has 0 fully saturated rings. The number of unbranched alkanes of at least 4 members (excludes halogenated alkanes) is 2. The Labute approximate surface area is 186 Å². The fourth-order valence-electron chi connectivity index (χ4n) is 3.55. The van der Waals surface area contributed by atoms with E-state index in [1.807, 2.05) is 36.5 Å². The molecule has 0 radical (unpaired) electrons. The molecule has 31 heavy (non-hydrogen) atoms. The van der Waals surface area contributed by atoms with E-state index in [0.717, 1.165) is 65.9 Å². The van der Waals surface area contributed by atoms with Crippen molar-refractivity contribution in [2.75, 3.05) is 11.9 Å². The van der Waals surface area contributed by atoms with E-state index in [2.05, 4.69) is 20.3 Å². The van der Waals surface area contributed by atoms with Crippen molar-refractivity contribution in [2.45, 2.75) is 32.1 Å². The molecule has 1 N–H and O–H groups in total. The first-order chi connectivity index (χ1) is 15.2. The van der Waals surface area contributed by atoms with Crippen LogP contribution in [0.2, 0.25) is 5.02 Å². The number of hydrogen-bond donors (Lipinski definition) is 1. The number of rotatable bonds is 9. The maximum Gasteiger partial charge on any atom is 0.128 e. The first kappa shape index (κ1) is 21.2. The molecule has 0 bridgehead atoms. The van der Waals surface area contributed by atoms with Crippen LogP contribution in [0.4, 0.5) is 10.1 Å². The summed E-state index contributed by atoms with van der Waals surface area (Å²) in [6.07, 6.45) is 8.34. The zero-order valence-electron chi connectivity index (χ0n) is 17.2. The normalized spacial score (nSPS) is 11.0. The predicted octanol–water partition coefficient (Wildman–Crippen LogP) is 6.23. The zero-order valence-corrected chi connectivity index (χ0v) is 17.9. The van der Waals surface area contributed by atoms with Gasteiger partial charge in [-0.1, -0.05) is 30.2 Å². The Balaban J connectivity index is 1.22. The summed E-state index contributed by atoms with van der Waals surface area (Å²) in [5.74, 6) is 0.646. The van der Waals surface area contributed by atoms with Crippen LogP contribution in [-0.2, 0) is 12.8 Å². The van der Waals surface area contributed by atoms with E-state index in [0.29, 0.717) is 11.4 Å². The van der Waals surface area contributed by atoms with Crippen molar-refractivity contribution in [1.82, 2.24) is 15.0 Å². The van der Waals surface area contributed by atoms with Crippen molar-refractivity contribution in [3.05, 3.63) is 94.9 Å². The van der Waals surface area contributed by atoms with Crippen LogP contribution in [0.5, 0.6) is 0 Å². The molecular weight excluding hydrogens is 411 g/mol. The fraction of sp³-hybridized carbons (Fsp3) is 0.240. The highest BCUT2D eigenvalue weighted by atomic mass is 35.5. The van der Waals surface area contributed by atoms with E-state index in [-0.39, 0.29) is 5.82 Å². The van der Waals surface area contributed by atoms with Crippen LogP contribution in [0.3, 0.4) is 0 Å². The molecule has 0 saturated heterocycles. The molecule has 4 aromatic rings. The van der Waals surface area contributed by atoms with Gasteiger partial charge in [-0.25, -0.2) is 14.4 Å². The van der Waals surface area contributed by atoms with Gasteiger partial charge in [-0.15, -0.1) is 0 Å². The Hall–Kier alpha value is -3.05. The van der Waals surface area contributed by atoms with Gasteiger partial charge in [0.25, 0.3) is 0 Å². The lowest BCUT2D eigenvalue weighted by molar-refractivity contribution is 0.627. The molecule has 158 valence electrons. The minimum atomic E-state index is -0.219. The van der Waals surface area contributed by atoms with Crippen LogP contribution in [0.15, 0.2) is 67.0 Å². The number of nitrogens with zero attached hydrogens (tertiary/aromatic N) is 3. The van der Waals surface area contributed by atoms with Crippen LogP contribution in [0.25, 0.3) is 10.9 Å². The first-order valence-electron chi connectivity index (χ1n) is 10.5. The quantitative estimate of drug-likeness (QED) is 0.317. The van der Waals surface area contributed by atoms with Crippen LogP contribution < -0.4 is 5.32 Å². The SMILES string of the molecule is Fc1ccc(Cc2ccnc(CCCCCNc3ccnc4cc(Cl)ccc34)n2)cc1. The largest absolute Gasteiger partial charge is 0.384 e. The fourth-order valence-corrected chi connectivity index (χ4v) is 3.72. The van der Waals surface area contributed by atoms with Gasteiger partial charge in [-0.2, -0.15) is 0 Å². The smallest absolute Gasteiger partial charge is 0.128 e. The lowest BCUT2D eigenvalue weighted by Gasteiger charge is -2.09. The Bertz CT molecular complexity index is 1150. The van der Waals surface area contributed by atoms with Gasteiger partial charge < -0.3 is 5.32 Å². The molecule has 0 unspecified atom stereocenters. The summed E-state index contributed by atoms with van der Waals surface area (Å²) in [4.78, 5) is 13.4. The predicted molar refractivity (Wildman–Crippen MR) is 124 cm³/mol. The number of halogens is 2. The number of fused-ring (bicyclic) bond motifs is 1. The van der Waals surface area contributed by atoms with Gasteiger partial charge in [0.05, 0.1) is 5.52 Å². The summed E-state index contributed by atoms with van der Waals surface area (Å²) >= 11 is 6.05. The summed E-state index contributed by atoms with van der Waals surface area (Å²) < 4.78 is 13.1. The highest BCUT2D eigenvalue weighted by molar-refractivity contribution is 6.31. The molecule has 6 heteroatoms. The zero-order chi connectivity index (χ0) is 21.5.